The number of rotatable bonds is 5. The normalized spacial score (nSPS) is 10.0. The van der Waals surface area contributed by atoms with Crippen molar-refractivity contribution < 1.29 is 14.3 Å². The summed E-state index contributed by atoms with van der Waals surface area (Å²) < 4.78 is 6.03. The molecular weight excluding hydrogens is 226 g/mol. The van der Waals surface area contributed by atoms with Crippen molar-refractivity contribution in [3.05, 3.63) is 6.33 Å². The molecule has 0 saturated carbocycles. The Hall–Kier alpha value is -2.12. The Kier molecular flexibility index (Phi) is 4.44. The molecule has 1 aromatic rings. The van der Waals surface area contributed by atoms with Gasteiger partial charge in [-0.25, -0.2) is 9.67 Å². The Labute approximate surface area is 98.3 Å². The van der Waals surface area contributed by atoms with Gasteiger partial charge in [0.15, 0.2) is 0 Å². The maximum Gasteiger partial charge on any atom is 0.325 e. The summed E-state index contributed by atoms with van der Waals surface area (Å²) in [5.41, 5.74) is 5.31. The lowest BCUT2D eigenvalue weighted by Gasteiger charge is -2.15. The molecule has 0 aromatic carbocycles. The number of hydrogen-bond donors (Lipinski definition) is 1. The van der Waals surface area contributed by atoms with Gasteiger partial charge < -0.3 is 15.4 Å². The minimum atomic E-state index is -0.443. The standard InChI is InChI=1S/C9H15N5O3/c1-3-17-8(16)5-13(2)7(15)4-14-6-11-9(10)12-14/h6H,3-5H2,1-2H3,(H2,10,12). The zero-order valence-electron chi connectivity index (χ0n) is 9.79. The molecule has 2 N–H and O–H groups in total. The third-order valence-corrected chi connectivity index (χ3v) is 1.95. The van der Waals surface area contributed by atoms with Crippen molar-refractivity contribution in [2.75, 3.05) is 25.9 Å². The minimum Gasteiger partial charge on any atom is -0.465 e. The number of hydrogen-bond acceptors (Lipinski definition) is 6. The predicted octanol–water partition coefficient (Wildman–Crippen LogP) is -1.12. The number of carbonyl (C=O) groups is 2. The third kappa shape index (κ3) is 4.09. The predicted molar refractivity (Wildman–Crippen MR) is 58.7 cm³/mol. The van der Waals surface area contributed by atoms with Crippen LogP contribution in [-0.4, -0.2) is 51.7 Å². The molecule has 0 aliphatic rings. The summed E-state index contributed by atoms with van der Waals surface area (Å²) in [5, 5.41) is 3.77. The molecule has 0 radical (unpaired) electrons. The van der Waals surface area contributed by atoms with E-state index in [1.807, 2.05) is 0 Å². The van der Waals surface area contributed by atoms with Crippen LogP contribution in [0.5, 0.6) is 0 Å². The summed E-state index contributed by atoms with van der Waals surface area (Å²) in [5.74, 6) is -0.616. The van der Waals surface area contributed by atoms with Crippen LogP contribution in [0.2, 0.25) is 0 Å². The fourth-order valence-electron chi connectivity index (χ4n) is 1.13. The lowest BCUT2D eigenvalue weighted by Crippen LogP contribution is -2.35. The van der Waals surface area contributed by atoms with Gasteiger partial charge in [-0.15, -0.1) is 5.10 Å². The lowest BCUT2D eigenvalue weighted by atomic mass is 10.5. The SMILES string of the molecule is CCOC(=O)CN(C)C(=O)Cn1cnc(N)n1. The van der Waals surface area contributed by atoms with Crippen molar-refractivity contribution in [2.45, 2.75) is 13.5 Å². The molecule has 1 rings (SSSR count). The van der Waals surface area contributed by atoms with Gasteiger partial charge in [0, 0.05) is 7.05 Å². The lowest BCUT2D eigenvalue weighted by molar-refractivity contribution is -0.148. The molecule has 8 nitrogen and oxygen atoms in total. The molecule has 0 unspecified atom stereocenters. The van der Waals surface area contributed by atoms with Crippen LogP contribution >= 0.6 is 0 Å². The van der Waals surface area contributed by atoms with Crippen molar-refractivity contribution in [1.29, 1.82) is 0 Å². The number of anilines is 1. The van der Waals surface area contributed by atoms with Crippen LogP contribution in [0, 0.1) is 0 Å². The van der Waals surface area contributed by atoms with Gasteiger partial charge >= 0.3 is 5.97 Å². The van der Waals surface area contributed by atoms with Gasteiger partial charge in [0.1, 0.15) is 19.4 Å². The number of nitrogen functional groups attached to an aromatic ring is 1. The average Bonchev–Trinajstić information content (AvgIpc) is 2.64. The first-order valence-corrected chi connectivity index (χ1v) is 5.07. The molecule has 0 aliphatic heterocycles. The van der Waals surface area contributed by atoms with Gasteiger partial charge in [-0.3, -0.25) is 9.59 Å². The van der Waals surface area contributed by atoms with Gasteiger partial charge in [-0.2, -0.15) is 0 Å². The molecule has 1 heterocycles. The molecule has 94 valence electrons. The van der Waals surface area contributed by atoms with E-state index in [9.17, 15) is 9.59 Å². The second-order valence-corrected chi connectivity index (χ2v) is 3.36. The Bertz CT molecular complexity index is 403. The van der Waals surface area contributed by atoms with Crippen molar-refractivity contribution in [1.82, 2.24) is 19.7 Å². The van der Waals surface area contributed by atoms with Crippen molar-refractivity contribution in [3.63, 3.8) is 0 Å². The smallest absolute Gasteiger partial charge is 0.325 e. The van der Waals surface area contributed by atoms with Crippen LogP contribution < -0.4 is 5.73 Å². The van der Waals surface area contributed by atoms with E-state index in [2.05, 4.69) is 10.1 Å². The van der Waals surface area contributed by atoms with Crippen LogP contribution in [0.25, 0.3) is 0 Å². The average molecular weight is 241 g/mol. The van der Waals surface area contributed by atoms with Crippen molar-refractivity contribution in [2.24, 2.45) is 0 Å². The van der Waals surface area contributed by atoms with Crippen molar-refractivity contribution in [3.8, 4) is 0 Å². The van der Waals surface area contributed by atoms with E-state index < -0.39 is 5.97 Å². The van der Waals surface area contributed by atoms with Gasteiger partial charge in [0.05, 0.1) is 6.61 Å². The quantitative estimate of drug-likeness (QED) is 0.655. The van der Waals surface area contributed by atoms with Crippen LogP contribution in [0.1, 0.15) is 6.92 Å². The largest absolute Gasteiger partial charge is 0.465 e. The van der Waals surface area contributed by atoms with E-state index in [1.54, 1.807) is 6.92 Å². The Morgan fingerprint density at radius 1 is 1.59 bits per heavy atom. The number of amides is 1. The van der Waals surface area contributed by atoms with Crippen molar-refractivity contribution >= 4 is 17.8 Å². The van der Waals surface area contributed by atoms with E-state index in [4.69, 9.17) is 10.5 Å². The second kappa shape index (κ2) is 5.83. The zero-order valence-corrected chi connectivity index (χ0v) is 9.79. The van der Waals surface area contributed by atoms with E-state index in [1.165, 1.54) is 23.0 Å². The monoisotopic (exact) mass is 241 g/mol. The fourth-order valence-corrected chi connectivity index (χ4v) is 1.13. The molecule has 0 bridgehead atoms. The zero-order chi connectivity index (χ0) is 12.8. The van der Waals surface area contributed by atoms with Crippen LogP contribution in [0.4, 0.5) is 5.95 Å². The van der Waals surface area contributed by atoms with Gasteiger partial charge in [0.2, 0.25) is 11.9 Å². The molecular formula is C9H15N5O3. The number of ether oxygens (including phenoxy) is 1. The highest BCUT2D eigenvalue weighted by Gasteiger charge is 2.14. The highest BCUT2D eigenvalue weighted by Crippen LogP contribution is 1.94. The maximum absolute atomic E-state index is 11.7. The first kappa shape index (κ1) is 12.9. The summed E-state index contributed by atoms with van der Waals surface area (Å²) in [6.07, 6.45) is 1.35. The third-order valence-electron chi connectivity index (χ3n) is 1.95. The van der Waals surface area contributed by atoms with E-state index in [0.717, 1.165) is 0 Å². The highest BCUT2D eigenvalue weighted by molar-refractivity contribution is 5.81. The van der Waals surface area contributed by atoms with Gasteiger partial charge in [-0.1, -0.05) is 0 Å². The van der Waals surface area contributed by atoms with Gasteiger partial charge in [0.25, 0.3) is 0 Å². The summed E-state index contributed by atoms with van der Waals surface area (Å²) in [6.45, 7) is 1.90. The molecule has 0 saturated heterocycles. The van der Waals surface area contributed by atoms with Crippen LogP contribution in [0.3, 0.4) is 0 Å². The molecule has 1 amide bonds. The maximum atomic E-state index is 11.7. The number of nitrogens with zero attached hydrogens (tertiary/aromatic N) is 4. The topological polar surface area (TPSA) is 103 Å². The Balaban J connectivity index is 2.44. The second-order valence-electron chi connectivity index (χ2n) is 3.36. The molecule has 1 aromatic heterocycles. The number of nitrogens with two attached hydrogens (primary N) is 1. The summed E-state index contributed by atoms with van der Waals surface area (Å²) >= 11 is 0. The summed E-state index contributed by atoms with van der Waals surface area (Å²) in [7, 11) is 1.51. The van der Waals surface area contributed by atoms with Crippen LogP contribution in [-0.2, 0) is 20.9 Å². The first-order chi connectivity index (χ1) is 8.02. The fraction of sp³-hybridized carbons (Fsp3) is 0.556. The number of aromatic nitrogens is 3. The molecule has 0 atom stereocenters. The molecule has 0 spiro atoms. The van der Waals surface area contributed by atoms with Crippen LogP contribution in [0.15, 0.2) is 6.33 Å². The summed E-state index contributed by atoms with van der Waals surface area (Å²) in [4.78, 5) is 27.7. The Morgan fingerprint density at radius 3 is 2.82 bits per heavy atom. The number of esters is 1. The molecule has 0 fully saturated rings. The van der Waals surface area contributed by atoms with E-state index in [0.29, 0.717) is 6.61 Å². The van der Waals surface area contributed by atoms with E-state index >= 15 is 0 Å². The molecule has 17 heavy (non-hydrogen) atoms. The minimum absolute atomic E-state index is 0.0138. The number of likely N-dealkylation sites (N-methyl/N-ethyl adjacent to an activating group) is 1. The summed E-state index contributed by atoms with van der Waals surface area (Å²) in [6, 6.07) is 0. The molecule has 0 aliphatic carbocycles. The Morgan fingerprint density at radius 2 is 2.29 bits per heavy atom. The number of carbonyl (C=O) groups excluding carboxylic acids is 2. The van der Waals surface area contributed by atoms with Gasteiger partial charge in [-0.05, 0) is 6.92 Å². The first-order valence-electron chi connectivity index (χ1n) is 5.07. The van der Waals surface area contributed by atoms with E-state index in [-0.39, 0.29) is 24.9 Å². The molecule has 8 heteroatoms. The highest BCUT2D eigenvalue weighted by atomic mass is 16.5.